The Morgan fingerprint density at radius 1 is 0.456 bits per heavy atom. The van der Waals surface area contributed by atoms with Gasteiger partial charge in [-0.25, -0.2) is 19.9 Å². The third-order valence-electron chi connectivity index (χ3n) is 10.4. The topological polar surface area (TPSA) is 51.6 Å². The summed E-state index contributed by atoms with van der Waals surface area (Å²) in [6.45, 7) is 8.25. The standard InChI is InChI=1S/C53H42N4/c1-4-18-38(19-5-2)47-36-49(56-51(54-47)42-22-12-7-13-23-42)40-28-32-45(33-29-40)53(3,44-26-16-9-17-27-44)46-34-30-41(31-35-46)50-37-48(39-20-10-6-11-21-39)55-52(57-50)43-24-14-8-15-25-43/h4-37H,1H2,2-3H3/b19-5-,38-18+. The Bertz CT molecular complexity index is 2610. The number of benzene rings is 6. The van der Waals surface area contributed by atoms with Gasteiger partial charge in [0.1, 0.15) is 0 Å². The van der Waals surface area contributed by atoms with Crippen molar-refractivity contribution in [3.05, 3.63) is 235 Å². The van der Waals surface area contributed by atoms with Gasteiger partial charge in [-0.1, -0.05) is 201 Å². The van der Waals surface area contributed by atoms with Crippen molar-refractivity contribution >= 4 is 5.57 Å². The fraction of sp³-hybridized carbons (Fsp3) is 0.0566. The SMILES string of the molecule is C=C/C=C(\C=C/C)c1cc(-c2ccc(C(C)(c3ccccc3)c3ccc(-c4cc(-c5ccccc5)nc(-c5ccccc5)n4)cc3)cc2)nc(-c2ccccc2)n1. The summed E-state index contributed by atoms with van der Waals surface area (Å²) in [6.07, 6.45) is 7.85. The lowest BCUT2D eigenvalue weighted by Gasteiger charge is -2.32. The Morgan fingerprint density at radius 3 is 1.30 bits per heavy atom. The van der Waals surface area contributed by atoms with Crippen molar-refractivity contribution in [3.8, 4) is 56.5 Å². The Kier molecular flexibility index (Phi) is 10.7. The minimum absolute atomic E-state index is 0.452. The number of allylic oxidation sites excluding steroid dienone is 5. The normalized spacial score (nSPS) is 12.6. The number of rotatable bonds is 11. The molecule has 0 aliphatic carbocycles. The molecule has 1 atom stereocenters. The molecule has 8 rings (SSSR count). The summed E-state index contributed by atoms with van der Waals surface area (Å²) in [4.78, 5) is 20.1. The molecule has 0 saturated carbocycles. The Hall–Kier alpha value is -7.30. The van der Waals surface area contributed by atoms with Crippen molar-refractivity contribution in [3.63, 3.8) is 0 Å². The molecular formula is C53H42N4. The van der Waals surface area contributed by atoms with Crippen LogP contribution in [0, 0.1) is 0 Å². The number of nitrogens with zero attached hydrogens (tertiary/aromatic N) is 4. The minimum Gasteiger partial charge on any atom is -0.228 e. The van der Waals surface area contributed by atoms with E-state index in [1.54, 1.807) is 6.08 Å². The molecule has 0 amide bonds. The van der Waals surface area contributed by atoms with E-state index in [9.17, 15) is 0 Å². The van der Waals surface area contributed by atoms with Crippen molar-refractivity contribution in [2.24, 2.45) is 0 Å². The molecule has 274 valence electrons. The van der Waals surface area contributed by atoms with Crippen molar-refractivity contribution in [1.82, 2.24) is 19.9 Å². The largest absolute Gasteiger partial charge is 0.228 e. The van der Waals surface area contributed by atoms with E-state index in [0.29, 0.717) is 11.6 Å². The average molecular weight is 735 g/mol. The first kappa shape index (κ1) is 36.7. The fourth-order valence-electron chi connectivity index (χ4n) is 7.28. The van der Waals surface area contributed by atoms with Gasteiger partial charge >= 0.3 is 0 Å². The highest BCUT2D eigenvalue weighted by atomic mass is 14.9. The number of hydrogen-bond donors (Lipinski definition) is 0. The molecule has 1 unspecified atom stereocenters. The van der Waals surface area contributed by atoms with Crippen molar-refractivity contribution in [1.29, 1.82) is 0 Å². The molecule has 57 heavy (non-hydrogen) atoms. The highest BCUT2D eigenvalue weighted by Crippen LogP contribution is 2.40. The van der Waals surface area contributed by atoms with Gasteiger partial charge in [-0.05, 0) is 48.2 Å². The molecule has 0 radical (unpaired) electrons. The molecule has 0 fully saturated rings. The second-order valence-electron chi connectivity index (χ2n) is 14.0. The van der Waals surface area contributed by atoms with E-state index in [4.69, 9.17) is 19.9 Å². The van der Waals surface area contributed by atoms with Crippen LogP contribution in [0.15, 0.2) is 213 Å². The van der Waals surface area contributed by atoms with Crippen LogP contribution < -0.4 is 0 Å². The van der Waals surface area contributed by atoms with Crippen LogP contribution in [0.2, 0.25) is 0 Å². The first-order chi connectivity index (χ1) is 28.0. The van der Waals surface area contributed by atoms with Gasteiger partial charge in [0.05, 0.1) is 22.8 Å². The molecule has 0 aliphatic rings. The zero-order valence-electron chi connectivity index (χ0n) is 32.1. The van der Waals surface area contributed by atoms with Crippen LogP contribution in [0.25, 0.3) is 62.1 Å². The van der Waals surface area contributed by atoms with E-state index >= 15 is 0 Å². The Balaban J connectivity index is 1.19. The van der Waals surface area contributed by atoms with E-state index < -0.39 is 5.41 Å². The molecule has 0 saturated heterocycles. The molecule has 0 spiro atoms. The average Bonchev–Trinajstić information content (AvgIpc) is 3.29. The summed E-state index contributed by atoms with van der Waals surface area (Å²) < 4.78 is 0. The van der Waals surface area contributed by atoms with Crippen molar-refractivity contribution in [2.75, 3.05) is 0 Å². The predicted molar refractivity (Wildman–Crippen MR) is 236 cm³/mol. The van der Waals surface area contributed by atoms with E-state index in [0.717, 1.165) is 56.2 Å². The summed E-state index contributed by atoms with van der Waals surface area (Å²) in [7, 11) is 0. The Morgan fingerprint density at radius 2 is 0.842 bits per heavy atom. The zero-order chi connectivity index (χ0) is 39.0. The quantitative estimate of drug-likeness (QED) is 0.0981. The van der Waals surface area contributed by atoms with Crippen molar-refractivity contribution in [2.45, 2.75) is 19.3 Å². The molecule has 0 bridgehead atoms. The fourth-order valence-corrected chi connectivity index (χ4v) is 7.28. The molecule has 0 N–H and O–H groups in total. The van der Waals surface area contributed by atoms with E-state index in [-0.39, 0.29) is 0 Å². The molecule has 6 aromatic carbocycles. The van der Waals surface area contributed by atoms with Crippen molar-refractivity contribution < 1.29 is 0 Å². The highest BCUT2D eigenvalue weighted by Gasteiger charge is 2.31. The maximum atomic E-state index is 5.08. The van der Waals surface area contributed by atoms with Crippen LogP contribution in [0.1, 0.15) is 36.2 Å². The molecule has 0 aliphatic heterocycles. The van der Waals surface area contributed by atoms with Gasteiger partial charge in [-0.3, -0.25) is 0 Å². The third kappa shape index (κ3) is 7.80. The second kappa shape index (κ2) is 16.6. The van der Waals surface area contributed by atoms with Gasteiger partial charge in [0.15, 0.2) is 11.6 Å². The van der Waals surface area contributed by atoms with Gasteiger partial charge in [0, 0.05) is 33.2 Å². The molecule has 4 heteroatoms. The van der Waals surface area contributed by atoms with Gasteiger partial charge in [0.2, 0.25) is 0 Å². The second-order valence-corrected chi connectivity index (χ2v) is 14.0. The lowest BCUT2D eigenvalue weighted by atomic mass is 9.71. The molecular weight excluding hydrogens is 693 g/mol. The summed E-state index contributed by atoms with van der Waals surface area (Å²) >= 11 is 0. The maximum absolute atomic E-state index is 5.08. The minimum atomic E-state index is -0.452. The smallest absolute Gasteiger partial charge is 0.160 e. The zero-order valence-corrected chi connectivity index (χ0v) is 32.1. The van der Waals surface area contributed by atoms with E-state index in [2.05, 4.69) is 135 Å². The van der Waals surface area contributed by atoms with Gasteiger partial charge in [-0.2, -0.15) is 0 Å². The predicted octanol–water partition coefficient (Wildman–Crippen LogP) is 13.1. The van der Waals surface area contributed by atoms with Gasteiger partial charge in [0.25, 0.3) is 0 Å². The summed E-state index contributed by atoms with van der Waals surface area (Å²) in [5.74, 6) is 1.38. The molecule has 8 aromatic rings. The molecule has 2 aromatic heterocycles. The van der Waals surface area contributed by atoms with Gasteiger partial charge < -0.3 is 0 Å². The lowest BCUT2D eigenvalue weighted by Crippen LogP contribution is -2.25. The van der Waals surface area contributed by atoms with E-state index in [1.807, 2.05) is 85.8 Å². The third-order valence-corrected chi connectivity index (χ3v) is 10.4. The first-order valence-corrected chi connectivity index (χ1v) is 19.2. The monoisotopic (exact) mass is 734 g/mol. The van der Waals surface area contributed by atoms with Crippen LogP contribution in [0.3, 0.4) is 0 Å². The maximum Gasteiger partial charge on any atom is 0.160 e. The molecule has 2 heterocycles. The summed E-state index contributed by atoms with van der Waals surface area (Å²) in [5.41, 5.74) is 12.5. The van der Waals surface area contributed by atoms with Crippen LogP contribution in [-0.4, -0.2) is 19.9 Å². The van der Waals surface area contributed by atoms with Crippen LogP contribution in [0.4, 0.5) is 0 Å². The first-order valence-electron chi connectivity index (χ1n) is 19.2. The number of hydrogen-bond acceptors (Lipinski definition) is 4. The summed E-state index contributed by atoms with van der Waals surface area (Å²) in [6, 6.07) is 63.1. The van der Waals surface area contributed by atoms with Gasteiger partial charge in [-0.15, -0.1) is 0 Å². The lowest BCUT2D eigenvalue weighted by molar-refractivity contribution is 0.693. The van der Waals surface area contributed by atoms with Crippen LogP contribution >= 0.6 is 0 Å². The Labute approximate surface area is 335 Å². The highest BCUT2D eigenvalue weighted by molar-refractivity contribution is 5.78. The van der Waals surface area contributed by atoms with E-state index in [1.165, 1.54) is 16.7 Å². The number of aromatic nitrogens is 4. The van der Waals surface area contributed by atoms with Crippen LogP contribution in [-0.2, 0) is 5.41 Å². The van der Waals surface area contributed by atoms with Crippen LogP contribution in [0.5, 0.6) is 0 Å². The molecule has 4 nitrogen and oxygen atoms in total. The summed E-state index contributed by atoms with van der Waals surface area (Å²) in [5, 5.41) is 0.